The third-order valence-electron chi connectivity index (χ3n) is 2.33. The Hall–Kier alpha value is -1.36. The first-order valence-corrected chi connectivity index (χ1v) is 5.59. The predicted octanol–water partition coefficient (Wildman–Crippen LogP) is 0.817. The molecule has 0 aromatic carbocycles. The fourth-order valence-electron chi connectivity index (χ4n) is 1.50. The topological polar surface area (TPSA) is 72.9 Å². The minimum absolute atomic E-state index is 0.0162. The van der Waals surface area contributed by atoms with Gasteiger partial charge in [-0.3, -0.25) is 4.79 Å². The van der Waals surface area contributed by atoms with E-state index in [0.717, 1.165) is 12.1 Å². The summed E-state index contributed by atoms with van der Waals surface area (Å²) in [4.78, 5) is 15.6. The zero-order chi connectivity index (χ0) is 12.1. The van der Waals surface area contributed by atoms with Crippen molar-refractivity contribution in [1.29, 1.82) is 0 Å². The van der Waals surface area contributed by atoms with Crippen LogP contribution in [-0.4, -0.2) is 21.5 Å². The third-order valence-corrected chi connectivity index (χ3v) is 2.33. The molecule has 1 rings (SSSR count). The van der Waals surface area contributed by atoms with Gasteiger partial charge in [0.25, 0.3) is 0 Å². The van der Waals surface area contributed by atoms with Crippen molar-refractivity contribution >= 4 is 5.91 Å². The first kappa shape index (κ1) is 12.7. The van der Waals surface area contributed by atoms with Crippen molar-refractivity contribution in [3.05, 3.63) is 18.2 Å². The van der Waals surface area contributed by atoms with Crippen LogP contribution < -0.4 is 11.1 Å². The van der Waals surface area contributed by atoms with Crippen LogP contribution in [0.3, 0.4) is 0 Å². The Morgan fingerprint density at radius 2 is 2.31 bits per heavy atom. The lowest BCUT2D eigenvalue weighted by Crippen LogP contribution is -2.33. The number of amides is 1. The standard InChI is InChI=1S/C11H20N4O/c1-4-9(12)10-5-13-7-15(10)6-11(16)14-8(2)3/h5,7-9H,4,6,12H2,1-3H3,(H,14,16)/t9-/m1/s1. The molecule has 0 radical (unpaired) electrons. The molecule has 0 saturated carbocycles. The van der Waals surface area contributed by atoms with E-state index in [4.69, 9.17) is 5.73 Å². The van der Waals surface area contributed by atoms with Gasteiger partial charge in [-0.1, -0.05) is 6.92 Å². The van der Waals surface area contributed by atoms with Crippen LogP contribution in [0.4, 0.5) is 0 Å². The molecule has 0 unspecified atom stereocenters. The molecule has 1 aromatic rings. The van der Waals surface area contributed by atoms with Crippen LogP contribution in [0.25, 0.3) is 0 Å². The van der Waals surface area contributed by atoms with E-state index in [9.17, 15) is 4.79 Å². The van der Waals surface area contributed by atoms with Crippen LogP contribution in [0.2, 0.25) is 0 Å². The zero-order valence-corrected chi connectivity index (χ0v) is 10.1. The number of hydrogen-bond donors (Lipinski definition) is 2. The number of carbonyl (C=O) groups excluding carboxylic acids is 1. The van der Waals surface area contributed by atoms with Gasteiger partial charge in [-0.15, -0.1) is 0 Å². The Kier molecular flexibility index (Phi) is 4.49. The molecule has 5 heteroatoms. The van der Waals surface area contributed by atoms with Gasteiger partial charge >= 0.3 is 0 Å². The fourth-order valence-corrected chi connectivity index (χ4v) is 1.50. The fraction of sp³-hybridized carbons (Fsp3) is 0.636. The van der Waals surface area contributed by atoms with E-state index in [1.807, 2.05) is 20.8 Å². The van der Waals surface area contributed by atoms with Gasteiger partial charge in [0.15, 0.2) is 0 Å². The van der Waals surface area contributed by atoms with Gasteiger partial charge in [-0.2, -0.15) is 0 Å². The molecule has 16 heavy (non-hydrogen) atoms. The van der Waals surface area contributed by atoms with Crippen molar-refractivity contribution in [2.24, 2.45) is 5.73 Å². The molecule has 0 saturated heterocycles. The second-order valence-corrected chi connectivity index (χ2v) is 4.18. The van der Waals surface area contributed by atoms with Crippen molar-refractivity contribution in [3.8, 4) is 0 Å². The monoisotopic (exact) mass is 224 g/mol. The summed E-state index contributed by atoms with van der Waals surface area (Å²) in [5.74, 6) is -0.0162. The molecule has 0 spiro atoms. The largest absolute Gasteiger partial charge is 0.352 e. The quantitative estimate of drug-likeness (QED) is 0.777. The number of nitrogens with two attached hydrogens (primary N) is 1. The summed E-state index contributed by atoms with van der Waals surface area (Å²) in [6, 6.07) is 0.0914. The highest BCUT2D eigenvalue weighted by Crippen LogP contribution is 2.12. The van der Waals surface area contributed by atoms with E-state index in [1.54, 1.807) is 17.1 Å². The molecule has 0 fully saturated rings. The van der Waals surface area contributed by atoms with Crippen LogP contribution in [0, 0.1) is 0 Å². The van der Waals surface area contributed by atoms with E-state index in [-0.39, 0.29) is 24.5 Å². The Morgan fingerprint density at radius 1 is 1.62 bits per heavy atom. The molecule has 1 aromatic heterocycles. The van der Waals surface area contributed by atoms with Crippen molar-refractivity contribution in [2.45, 2.75) is 45.8 Å². The van der Waals surface area contributed by atoms with Gasteiger partial charge in [0.2, 0.25) is 5.91 Å². The first-order chi connectivity index (χ1) is 7.54. The van der Waals surface area contributed by atoms with Gasteiger partial charge in [0, 0.05) is 18.3 Å². The molecule has 90 valence electrons. The van der Waals surface area contributed by atoms with Crippen LogP contribution in [-0.2, 0) is 11.3 Å². The lowest BCUT2D eigenvalue weighted by Gasteiger charge is -2.14. The zero-order valence-electron chi connectivity index (χ0n) is 10.1. The minimum Gasteiger partial charge on any atom is -0.352 e. The summed E-state index contributed by atoms with van der Waals surface area (Å²) in [7, 11) is 0. The van der Waals surface area contributed by atoms with E-state index in [2.05, 4.69) is 10.3 Å². The highest BCUT2D eigenvalue weighted by Gasteiger charge is 2.12. The molecular weight excluding hydrogens is 204 g/mol. The second-order valence-electron chi connectivity index (χ2n) is 4.18. The van der Waals surface area contributed by atoms with Crippen molar-refractivity contribution in [1.82, 2.24) is 14.9 Å². The van der Waals surface area contributed by atoms with Gasteiger partial charge in [0.05, 0.1) is 12.0 Å². The molecule has 0 aliphatic carbocycles. The molecule has 0 aliphatic rings. The molecule has 5 nitrogen and oxygen atoms in total. The lowest BCUT2D eigenvalue weighted by molar-refractivity contribution is -0.122. The van der Waals surface area contributed by atoms with Crippen molar-refractivity contribution in [3.63, 3.8) is 0 Å². The minimum atomic E-state index is -0.0608. The Morgan fingerprint density at radius 3 is 2.88 bits per heavy atom. The van der Waals surface area contributed by atoms with Crippen molar-refractivity contribution < 1.29 is 4.79 Å². The molecule has 1 heterocycles. The summed E-state index contributed by atoms with van der Waals surface area (Å²) in [6.07, 6.45) is 4.19. The van der Waals surface area contributed by atoms with Crippen LogP contribution in [0.5, 0.6) is 0 Å². The second kappa shape index (κ2) is 5.65. The molecular formula is C11H20N4O. The van der Waals surface area contributed by atoms with Gasteiger partial charge in [-0.05, 0) is 20.3 Å². The molecule has 0 bridgehead atoms. The first-order valence-electron chi connectivity index (χ1n) is 5.59. The van der Waals surface area contributed by atoms with E-state index in [1.165, 1.54) is 0 Å². The predicted molar refractivity (Wildman–Crippen MR) is 62.7 cm³/mol. The SMILES string of the molecule is CC[C@@H](N)c1cncn1CC(=O)NC(C)C. The maximum absolute atomic E-state index is 11.6. The third kappa shape index (κ3) is 3.34. The maximum Gasteiger partial charge on any atom is 0.240 e. The summed E-state index contributed by atoms with van der Waals surface area (Å²) in [5.41, 5.74) is 6.83. The highest BCUT2D eigenvalue weighted by atomic mass is 16.2. The molecule has 1 amide bonds. The number of rotatable bonds is 5. The average Bonchev–Trinajstić information content (AvgIpc) is 2.63. The highest BCUT2D eigenvalue weighted by molar-refractivity contribution is 5.76. The Bertz CT molecular complexity index is 346. The smallest absolute Gasteiger partial charge is 0.240 e. The Balaban J connectivity index is 2.67. The molecule has 3 N–H and O–H groups in total. The molecule has 0 aliphatic heterocycles. The molecule has 1 atom stereocenters. The maximum atomic E-state index is 11.6. The average molecular weight is 224 g/mol. The number of carbonyl (C=O) groups is 1. The lowest BCUT2D eigenvalue weighted by atomic mass is 10.2. The van der Waals surface area contributed by atoms with Crippen molar-refractivity contribution in [2.75, 3.05) is 0 Å². The van der Waals surface area contributed by atoms with E-state index in [0.29, 0.717) is 0 Å². The van der Waals surface area contributed by atoms with Gasteiger partial charge in [0.1, 0.15) is 6.54 Å². The number of hydrogen-bond acceptors (Lipinski definition) is 3. The summed E-state index contributed by atoms with van der Waals surface area (Å²) in [5, 5.41) is 2.84. The Labute approximate surface area is 96.0 Å². The normalized spacial score (nSPS) is 12.8. The van der Waals surface area contributed by atoms with Crippen LogP contribution >= 0.6 is 0 Å². The number of nitrogens with zero attached hydrogens (tertiary/aromatic N) is 2. The number of imidazole rings is 1. The van der Waals surface area contributed by atoms with Crippen LogP contribution in [0.1, 0.15) is 38.9 Å². The van der Waals surface area contributed by atoms with E-state index >= 15 is 0 Å². The number of nitrogens with one attached hydrogen (secondary N) is 1. The summed E-state index contributed by atoms with van der Waals surface area (Å²) in [6.45, 7) is 6.16. The van der Waals surface area contributed by atoms with Crippen LogP contribution in [0.15, 0.2) is 12.5 Å². The van der Waals surface area contributed by atoms with Gasteiger partial charge in [-0.25, -0.2) is 4.98 Å². The van der Waals surface area contributed by atoms with E-state index < -0.39 is 0 Å². The summed E-state index contributed by atoms with van der Waals surface area (Å²) < 4.78 is 1.80. The number of aromatic nitrogens is 2. The van der Waals surface area contributed by atoms with Gasteiger partial charge < -0.3 is 15.6 Å². The summed E-state index contributed by atoms with van der Waals surface area (Å²) >= 11 is 0.